The SMILES string of the molecule is CCCCCCCC/C=C\CCCCCCCCN(C)C.CCCCCCCCCCCCCCCCCC(=O)O. The van der Waals surface area contributed by atoms with E-state index >= 15 is 0 Å². The third kappa shape index (κ3) is 46.3. The Hall–Kier alpha value is -0.830. The molecule has 0 aliphatic carbocycles. The second-order valence-corrected chi connectivity index (χ2v) is 12.8. The Bertz CT molecular complexity index is 503. The Morgan fingerprint density at radius 2 is 0.756 bits per heavy atom. The molecule has 0 atom stereocenters. The van der Waals surface area contributed by atoms with Crippen molar-refractivity contribution < 1.29 is 9.90 Å². The second kappa shape index (κ2) is 39.2. The number of carboxylic acids is 1. The predicted molar refractivity (Wildman–Crippen MR) is 185 cm³/mol. The largest absolute Gasteiger partial charge is 0.481 e. The monoisotopic (exact) mass is 580 g/mol. The van der Waals surface area contributed by atoms with Gasteiger partial charge in [0.1, 0.15) is 0 Å². The first-order valence-electron chi connectivity index (χ1n) is 18.6. The third-order valence-electron chi connectivity index (χ3n) is 8.11. The van der Waals surface area contributed by atoms with Gasteiger partial charge in [-0.3, -0.25) is 4.79 Å². The van der Waals surface area contributed by atoms with Crippen molar-refractivity contribution in [3.63, 3.8) is 0 Å². The van der Waals surface area contributed by atoms with Crippen LogP contribution in [0.25, 0.3) is 0 Å². The molecular weight excluding hydrogens is 502 g/mol. The first-order valence-corrected chi connectivity index (χ1v) is 18.6. The fourth-order valence-corrected chi connectivity index (χ4v) is 5.32. The third-order valence-corrected chi connectivity index (χ3v) is 8.11. The lowest BCUT2D eigenvalue weighted by atomic mass is 10.0. The molecule has 0 rings (SSSR count). The number of aliphatic carboxylic acids is 1. The molecule has 0 aromatic heterocycles. The summed E-state index contributed by atoms with van der Waals surface area (Å²) in [6.45, 7) is 5.81. The first kappa shape index (κ1) is 42.3. The standard InChI is InChI=1S/C20H41N.C18H36O2/c1-4-5-6-7-8-9-10-11-12-13-14-15-16-17-18-19-20-21(2)3;1-2-3-4-5-6-7-8-9-10-11-12-13-14-15-16-17-18(19)20/h11-12H,4-10,13-20H2,1-3H3;2-17H2,1H3,(H,19,20)/b12-11-;. The molecule has 0 aliphatic heterocycles. The van der Waals surface area contributed by atoms with Gasteiger partial charge >= 0.3 is 5.97 Å². The van der Waals surface area contributed by atoms with Crippen LogP contribution in [-0.4, -0.2) is 36.6 Å². The zero-order valence-corrected chi connectivity index (χ0v) is 28.9. The average Bonchev–Trinajstić information content (AvgIpc) is 2.95. The van der Waals surface area contributed by atoms with Crippen molar-refractivity contribution in [1.82, 2.24) is 4.90 Å². The molecule has 41 heavy (non-hydrogen) atoms. The van der Waals surface area contributed by atoms with Crippen LogP contribution >= 0.6 is 0 Å². The van der Waals surface area contributed by atoms with Crippen LogP contribution in [0.1, 0.15) is 206 Å². The molecule has 3 heteroatoms. The van der Waals surface area contributed by atoms with Crippen molar-refractivity contribution in [1.29, 1.82) is 0 Å². The lowest BCUT2D eigenvalue weighted by Crippen LogP contribution is -2.12. The topological polar surface area (TPSA) is 40.5 Å². The highest BCUT2D eigenvalue weighted by molar-refractivity contribution is 5.66. The number of carbonyl (C=O) groups is 1. The number of unbranched alkanes of at least 4 members (excludes halogenated alkanes) is 26. The van der Waals surface area contributed by atoms with Gasteiger partial charge in [-0.2, -0.15) is 0 Å². The first-order chi connectivity index (χ1) is 20.0. The highest BCUT2D eigenvalue weighted by Crippen LogP contribution is 2.14. The molecule has 1 N–H and O–H groups in total. The van der Waals surface area contributed by atoms with E-state index in [1.54, 1.807) is 0 Å². The van der Waals surface area contributed by atoms with Crippen LogP contribution in [0.4, 0.5) is 0 Å². The van der Waals surface area contributed by atoms with Crippen molar-refractivity contribution in [2.75, 3.05) is 20.6 Å². The van der Waals surface area contributed by atoms with Crippen molar-refractivity contribution in [2.45, 2.75) is 206 Å². The van der Waals surface area contributed by atoms with Crippen molar-refractivity contribution in [2.24, 2.45) is 0 Å². The van der Waals surface area contributed by atoms with Crippen molar-refractivity contribution >= 4 is 5.97 Å². The Kier molecular flexibility index (Phi) is 40.4. The number of allylic oxidation sites excluding steroid dienone is 2. The van der Waals surface area contributed by atoms with E-state index in [9.17, 15) is 4.79 Å². The maximum Gasteiger partial charge on any atom is 0.303 e. The Morgan fingerprint density at radius 1 is 0.463 bits per heavy atom. The van der Waals surface area contributed by atoms with Gasteiger partial charge in [-0.05, 0) is 59.2 Å². The number of nitrogens with zero attached hydrogens (tertiary/aromatic N) is 1. The molecule has 0 unspecified atom stereocenters. The minimum Gasteiger partial charge on any atom is -0.481 e. The minimum atomic E-state index is -0.653. The smallest absolute Gasteiger partial charge is 0.303 e. The summed E-state index contributed by atoms with van der Waals surface area (Å²) in [5, 5.41) is 8.52. The molecule has 3 nitrogen and oxygen atoms in total. The van der Waals surface area contributed by atoms with E-state index in [0.29, 0.717) is 6.42 Å². The van der Waals surface area contributed by atoms with E-state index in [2.05, 4.69) is 45.0 Å². The van der Waals surface area contributed by atoms with Gasteiger partial charge in [0.25, 0.3) is 0 Å². The number of rotatable bonds is 32. The zero-order chi connectivity index (χ0) is 30.5. The van der Waals surface area contributed by atoms with Gasteiger partial charge in [0, 0.05) is 6.42 Å². The molecule has 0 aromatic carbocycles. The summed E-state index contributed by atoms with van der Waals surface area (Å²) in [6.07, 6.45) is 44.5. The van der Waals surface area contributed by atoms with Gasteiger partial charge < -0.3 is 10.0 Å². The molecule has 0 radical (unpaired) electrons. The van der Waals surface area contributed by atoms with Gasteiger partial charge in [-0.1, -0.05) is 174 Å². The summed E-state index contributed by atoms with van der Waals surface area (Å²) in [5.41, 5.74) is 0. The lowest BCUT2D eigenvalue weighted by Gasteiger charge is -2.08. The Balaban J connectivity index is 0. The van der Waals surface area contributed by atoms with E-state index in [1.807, 2.05) is 0 Å². The lowest BCUT2D eigenvalue weighted by molar-refractivity contribution is -0.137. The summed E-state index contributed by atoms with van der Waals surface area (Å²) < 4.78 is 0. The maximum atomic E-state index is 10.3. The normalized spacial score (nSPS) is 11.3. The van der Waals surface area contributed by atoms with Crippen LogP contribution in [0, 0.1) is 0 Å². The van der Waals surface area contributed by atoms with Gasteiger partial charge in [0.05, 0.1) is 0 Å². The van der Waals surface area contributed by atoms with E-state index in [4.69, 9.17) is 5.11 Å². The molecule has 0 fully saturated rings. The summed E-state index contributed by atoms with van der Waals surface area (Å²) in [5.74, 6) is -0.653. The van der Waals surface area contributed by atoms with Gasteiger partial charge in [-0.25, -0.2) is 0 Å². The van der Waals surface area contributed by atoms with Crippen LogP contribution in [0.15, 0.2) is 12.2 Å². The molecule has 0 aliphatic rings. The van der Waals surface area contributed by atoms with Gasteiger partial charge in [0.2, 0.25) is 0 Å². The van der Waals surface area contributed by atoms with Crippen LogP contribution in [-0.2, 0) is 4.79 Å². The quantitative estimate of drug-likeness (QED) is 0.0636. The molecule has 0 spiro atoms. The number of hydrogen-bond donors (Lipinski definition) is 1. The second-order valence-electron chi connectivity index (χ2n) is 12.8. The van der Waals surface area contributed by atoms with Gasteiger partial charge in [-0.15, -0.1) is 0 Å². The summed E-state index contributed by atoms with van der Waals surface area (Å²) in [4.78, 5) is 12.6. The van der Waals surface area contributed by atoms with Crippen molar-refractivity contribution in [3.05, 3.63) is 12.2 Å². The molecule has 0 saturated heterocycles. The van der Waals surface area contributed by atoms with E-state index < -0.39 is 5.97 Å². The van der Waals surface area contributed by atoms with Gasteiger partial charge in [0.15, 0.2) is 0 Å². The summed E-state index contributed by atoms with van der Waals surface area (Å²) in [7, 11) is 4.33. The Morgan fingerprint density at radius 3 is 1.07 bits per heavy atom. The van der Waals surface area contributed by atoms with E-state index in [1.165, 1.54) is 180 Å². The fraction of sp³-hybridized carbons (Fsp3) is 0.921. The number of carboxylic acid groups (broad SMARTS) is 1. The van der Waals surface area contributed by atoms with Crippen LogP contribution in [0.2, 0.25) is 0 Å². The van der Waals surface area contributed by atoms with E-state index in [-0.39, 0.29) is 0 Å². The minimum absolute atomic E-state index is 0.345. The Labute approximate surface area is 259 Å². The average molecular weight is 580 g/mol. The fourth-order valence-electron chi connectivity index (χ4n) is 5.32. The molecular formula is C38H77NO2. The highest BCUT2D eigenvalue weighted by Gasteiger charge is 1.97. The molecule has 0 heterocycles. The van der Waals surface area contributed by atoms with Crippen LogP contribution in [0.3, 0.4) is 0 Å². The molecule has 0 bridgehead atoms. The zero-order valence-electron chi connectivity index (χ0n) is 28.9. The molecule has 0 aromatic rings. The van der Waals surface area contributed by atoms with Crippen LogP contribution in [0.5, 0.6) is 0 Å². The maximum absolute atomic E-state index is 10.3. The molecule has 0 saturated carbocycles. The summed E-state index contributed by atoms with van der Waals surface area (Å²) in [6, 6.07) is 0. The predicted octanol–water partition coefficient (Wildman–Crippen LogP) is 12.9. The highest BCUT2D eigenvalue weighted by atomic mass is 16.4. The van der Waals surface area contributed by atoms with Crippen LogP contribution < -0.4 is 0 Å². The summed E-state index contributed by atoms with van der Waals surface area (Å²) >= 11 is 0. The van der Waals surface area contributed by atoms with E-state index in [0.717, 1.165) is 12.8 Å². The number of hydrogen-bond acceptors (Lipinski definition) is 2. The molecule has 0 amide bonds. The van der Waals surface area contributed by atoms with Crippen molar-refractivity contribution in [3.8, 4) is 0 Å². The molecule has 246 valence electrons.